The molecule has 2 amide bonds. The molecule has 0 atom stereocenters. The van der Waals surface area contributed by atoms with E-state index < -0.39 is 0 Å². The molecule has 0 spiro atoms. The summed E-state index contributed by atoms with van der Waals surface area (Å²) >= 11 is 0. The minimum Gasteiger partial charge on any atom is -0.351 e. The van der Waals surface area contributed by atoms with Crippen LogP contribution >= 0.6 is 0 Å². The van der Waals surface area contributed by atoms with E-state index in [2.05, 4.69) is 441 Å². The third-order valence-electron chi connectivity index (χ3n) is 21.0. The van der Waals surface area contributed by atoms with Crippen molar-refractivity contribution < 1.29 is 19.2 Å². The summed E-state index contributed by atoms with van der Waals surface area (Å²) in [5.41, 5.74) is 22.0. The number of rotatable bonds is 14. The number of ketones is 2. The second-order valence-corrected chi connectivity index (χ2v) is 53.5. The summed E-state index contributed by atoms with van der Waals surface area (Å²) in [7, 11) is 0. The van der Waals surface area contributed by atoms with Crippen LogP contribution in [0.3, 0.4) is 0 Å². The highest BCUT2D eigenvalue weighted by Crippen LogP contribution is 2.33. The van der Waals surface area contributed by atoms with Crippen molar-refractivity contribution in [1.29, 1.82) is 0 Å². The van der Waals surface area contributed by atoms with Gasteiger partial charge in [0.1, 0.15) is 18.0 Å². The largest absolute Gasteiger partial charge is 0.351 e. The van der Waals surface area contributed by atoms with Gasteiger partial charge in [0.25, 0.3) is 0 Å². The molecule has 4 aromatic carbocycles. The molecule has 0 radical (unpaired) electrons. The predicted octanol–water partition coefficient (Wildman–Crippen LogP) is 30.8. The van der Waals surface area contributed by atoms with E-state index in [1.165, 1.54) is 61.3 Å². The topological polar surface area (TPSA) is 168 Å². The first-order valence-electron chi connectivity index (χ1n) is 48.5. The normalized spacial score (nSPS) is 12.7. The van der Waals surface area contributed by atoms with Gasteiger partial charge in [0.05, 0.1) is 6.42 Å². The molecule has 4 aromatic heterocycles. The lowest BCUT2D eigenvalue weighted by Crippen LogP contribution is -2.41. The molecule has 4 N–H and O–H groups in total. The van der Waals surface area contributed by atoms with Crippen LogP contribution in [0.1, 0.15) is 436 Å². The van der Waals surface area contributed by atoms with Gasteiger partial charge in [-0.1, -0.05) is 379 Å². The number of hydrogen-bond donors (Lipinski definition) is 4. The van der Waals surface area contributed by atoms with Crippen LogP contribution in [0.4, 0.5) is 5.69 Å². The van der Waals surface area contributed by atoms with Crippen LogP contribution in [0.5, 0.6) is 0 Å². The van der Waals surface area contributed by atoms with Crippen LogP contribution in [-0.2, 0) is 106 Å². The fourth-order valence-corrected chi connectivity index (χ4v) is 12.9. The standard InChI is InChI=1S/C18H27NO2.C17H26N2O2.C15H25N.C15H24.C14H24N2.C14H23N.C14H22.C13H21N/c1-17(2,3)11-16(21)10-15(20)9-14-8-7-13(12-19-14)18(4,5)6;1-16(2,3)12-7-9-13(10-8-12)18-14(20)11-15(21)19-17(4,5)6;1-14(2,3)13-9-7-12(8-10-13)11-16-15(4,5)6;1-14(2,3)11-12-7-9-13(10-8-12)15(4,5)6;1-13(2,3)12-8-7-11(9-15-12)10-16-14(4,5)6;1-13(2,3)9-11-7-8-12(15-10-11)14(4,5)6;1-13(2,3)11-7-9-12(10-8-11)14(4,5)6;1-12(2,3)10-7-8-11(14-9-10)13(4,5)6/h7-8,12H,9-11H2,1-6H3;7-10H,11H2,1-6H3,(H,18,20)(H,19,21);7-10,16H,11H2,1-6H3;7-10H,11H2,1-6H3;7-9,16H,10H2,1-6H3;7-8,10H,9H2,1-6H3;7-10H,1-6H3;7-9H,1-6H3. The van der Waals surface area contributed by atoms with Gasteiger partial charge in [-0.2, -0.15) is 0 Å². The Morgan fingerprint density at radius 3 is 0.803 bits per heavy atom. The molecule has 132 heavy (non-hydrogen) atoms. The number of anilines is 1. The van der Waals surface area contributed by atoms with Crippen molar-refractivity contribution in [2.75, 3.05) is 5.32 Å². The average molecular weight is 1810 g/mol. The van der Waals surface area contributed by atoms with Crippen molar-refractivity contribution in [3.63, 3.8) is 0 Å². The molecule has 12 heteroatoms. The summed E-state index contributed by atoms with van der Waals surface area (Å²) in [5.74, 6) is -0.620. The number of nitrogens with one attached hydrogen (secondary N) is 4. The van der Waals surface area contributed by atoms with Crippen molar-refractivity contribution in [1.82, 2.24) is 35.9 Å². The maximum absolute atomic E-state index is 11.9. The quantitative estimate of drug-likeness (QED) is 0.0769. The Morgan fingerprint density at radius 1 is 0.242 bits per heavy atom. The SMILES string of the molecule is CC(C)(C)CC(=O)CC(=O)Cc1ccc(C(C)(C)C)cn1.CC(C)(C)Cc1ccc(C(C)(C)C)cc1.CC(C)(C)Cc1ccc(C(C)(C)C)nc1.CC(C)(C)NC(=O)CC(=O)Nc1ccc(C(C)(C)C)cc1.CC(C)(C)NCc1ccc(C(C)(C)C)cc1.CC(C)(C)NCc1ccc(C(C)(C)C)nc1.CC(C)(C)c1ccc(C(C)(C)C)cc1.CC(C)(C)c1ccc(C(C)(C)C)nc1. The number of pyridine rings is 4. The highest BCUT2D eigenvalue weighted by Gasteiger charge is 2.26. The average Bonchev–Trinajstić information content (AvgIpc) is 0.824. The summed E-state index contributed by atoms with van der Waals surface area (Å²) in [4.78, 5) is 65.1. The number of nitrogens with zero attached hydrogens (tertiary/aromatic N) is 4. The van der Waals surface area contributed by atoms with E-state index >= 15 is 0 Å². The molecule has 12 nitrogen and oxygen atoms in total. The number of carbonyl (C=O) groups excluding carboxylic acids is 4. The fourth-order valence-electron chi connectivity index (χ4n) is 12.9. The Morgan fingerprint density at radius 2 is 0.523 bits per heavy atom. The van der Waals surface area contributed by atoms with E-state index in [0.29, 0.717) is 22.9 Å². The molecule has 8 aromatic rings. The van der Waals surface area contributed by atoms with E-state index in [4.69, 9.17) is 0 Å². The van der Waals surface area contributed by atoms with Gasteiger partial charge < -0.3 is 21.3 Å². The molecule has 0 unspecified atom stereocenters. The lowest BCUT2D eigenvalue weighted by atomic mass is 9.82. The summed E-state index contributed by atoms with van der Waals surface area (Å²) in [5, 5.41) is 12.5. The molecule has 736 valence electrons. The van der Waals surface area contributed by atoms with E-state index in [1.54, 1.807) is 0 Å². The van der Waals surface area contributed by atoms with Crippen LogP contribution in [0.2, 0.25) is 0 Å². The zero-order valence-electron chi connectivity index (χ0n) is 93.2. The molecule has 0 aliphatic rings. The number of amides is 2. The lowest BCUT2D eigenvalue weighted by molar-refractivity contribution is -0.129. The van der Waals surface area contributed by atoms with Gasteiger partial charge in [-0.05, 0) is 227 Å². The molecular formula is C120H192N8O4. The van der Waals surface area contributed by atoms with Crippen LogP contribution in [-0.4, -0.2) is 59.9 Å². The Balaban J connectivity index is 0.000000758. The van der Waals surface area contributed by atoms with Gasteiger partial charge in [-0.3, -0.25) is 39.1 Å². The maximum Gasteiger partial charge on any atom is 0.233 e. The molecule has 8 rings (SSSR count). The number of aromatic nitrogens is 4. The molecule has 0 saturated heterocycles. The lowest BCUT2D eigenvalue weighted by Gasteiger charge is -2.23. The molecule has 0 saturated carbocycles. The predicted molar refractivity (Wildman–Crippen MR) is 573 cm³/mol. The summed E-state index contributed by atoms with van der Waals surface area (Å²) in [6.45, 7) is 106. The minimum atomic E-state index is -0.328. The van der Waals surface area contributed by atoms with E-state index in [1.807, 2.05) is 103 Å². The van der Waals surface area contributed by atoms with Gasteiger partial charge in [0.15, 0.2) is 0 Å². The first-order valence-corrected chi connectivity index (χ1v) is 48.5. The van der Waals surface area contributed by atoms with Crippen molar-refractivity contribution in [2.45, 2.75) is 455 Å². The number of carbonyl (C=O) groups is 4. The molecule has 4 heterocycles. The number of Topliss-reactive ketones (excluding diaryl/α,β-unsaturated/α-hetero) is 2. The van der Waals surface area contributed by atoms with Crippen LogP contribution < -0.4 is 21.3 Å². The van der Waals surface area contributed by atoms with E-state index in [9.17, 15) is 19.2 Å². The zero-order chi connectivity index (χ0) is 103. The summed E-state index contributed by atoms with van der Waals surface area (Å²) < 4.78 is 0. The Hall–Kier alpha value is -8.32. The second-order valence-electron chi connectivity index (χ2n) is 53.5. The Kier molecular flexibility index (Phi) is 45.6. The van der Waals surface area contributed by atoms with Crippen LogP contribution in [0.25, 0.3) is 0 Å². The molecule has 0 aliphatic carbocycles. The van der Waals surface area contributed by atoms with Crippen LogP contribution in [0, 0.1) is 16.2 Å². The van der Waals surface area contributed by atoms with Crippen molar-refractivity contribution >= 4 is 29.1 Å². The minimum absolute atomic E-state index is 0.0128. The third kappa shape index (κ3) is 54.9. The third-order valence-corrected chi connectivity index (χ3v) is 21.0. The second kappa shape index (κ2) is 49.4. The molecular weight excluding hydrogens is 1620 g/mol. The van der Waals surface area contributed by atoms with Gasteiger partial charge in [0, 0.05) is 112 Å². The van der Waals surface area contributed by atoms with Crippen molar-refractivity contribution in [3.05, 3.63) is 254 Å². The molecule has 0 bridgehead atoms. The molecule has 0 aliphatic heterocycles. The van der Waals surface area contributed by atoms with E-state index in [0.717, 1.165) is 48.6 Å². The molecule has 0 fully saturated rings. The number of hydrogen-bond acceptors (Lipinski definition) is 10. The summed E-state index contributed by atoms with van der Waals surface area (Å²) in [6, 6.07) is 51.6. The van der Waals surface area contributed by atoms with Crippen molar-refractivity contribution in [2.24, 2.45) is 16.2 Å². The van der Waals surface area contributed by atoms with Gasteiger partial charge >= 0.3 is 0 Å². The maximum atomic E-state index is 11.9. The number of benzene rings is 4. The first-order chi connectivity index (χ1) is 59.1. The monoisotopic (exact) mass is 1810 g/mol. The fraction of sp³-hybridized carbons (Fsp3) is 0.600. The van der Waals surface area contributed by atoms with Gasteiger partial charge in [0.2, 0.25) is 11.8 Å². The Bertz CT molecular complexity index is 4320. The Labute approximate surface area is 809 Å². The van der Waals surface area contributed by atoms with Crippen molar-refractivity contribution in [3.8, 4) is 0 Å². The zero-order valence-corrected chi connectivity index (χ0v) is 93.2. The smallest absolute Gasteiger partial charge is 0.233 e. The van der Waals surface area contributed by atoms with E-state index in [-0.39, 0.29) is 119 Å². The summed E-state index contributed by atoms with van der Waals surface area (Å²) in [6.07, 6.45) is 10.6. The van der Waals surface area contributed by atoms with Gasteiger partial charge in [-0.25, -0.2) is 0 Å². The highest BCUT2D eigenvalue weighted by atomic mass is 16.2. The highest BCUT2D eigenvalue weighted by molar-refractivity contribution is 6.03. The first kappa shape index (κ1) is 122. The van der Waals surface area contributed by atoms with Crippen LogP contribution in [0.15, 0.2) is 170 Å². The van der Waals surface area contributed by atoms with Gasteiger partial charge in [-0.15, -0.1) is 0 Å².